The van der Waals surface area contributed by atoms with E-state index >= 15 is 0 Å². The molecule has 1 saturated heterocycles. The summed E-state index contributed by atoms with van der Waals surface area (Å²) in [4.78, 5) is 26.9. The van der Waals surface area contributed by atoms with E-state index < -0.39 is 5.41 Å². The van der Waals surface area contributed by atoms with E-state index in [0.717, 1.165) is 32.1 Å². The molecule has 0 aromatic heterocycles. The highest BCUT2D eigenvalue weighted by atomic mass is 16.5. The van der Waals surface area contributed by atoms with Crippen molar-refractivity contribution in [3.63, 3.8) is 0 Å². The van der Waals surface area contributed by atoms with Gasteiger partial charge in [0.2, 0.25) is 11.8 Å². The number of nitrogens with zero attached hydrogens (tertiary/aromatic N) is 1. The highest BCUT2D eigenvalue weighted by Gasteiger charge is 2.57. The standard InChI is InChI=1S/C16H26N2O3/c1-2-21-12-9-11(17)14(12)18-13(19)10-16(15(18)20)7-5-3-4-6-8-16/h11-12,14H,2-10,17H2,1H3. The molecule has 3 rings (SSSR count). The average molecular weight is 294 g/mol. The Morgan fingerprint density at radius 1 is 1.24 bits per heavy atom. The van der Waals surface area contributed by atoms with Crippen molar-refractivity contribution in [3.05, 3.63) is 0 Å². The third-order valence-corrected chi connectivity index (χ3v) is 5.49. The molecule has 0 bridgehead atoms. The molecule has 0 radical (unpaired) electrons. The highest BCUT2D eigenvalue weighted by molar-refractivity contribution is 6.06. The number of carbonyl (C=O) groups excluding carboxylic acids is 2. The quantitative estimate of drug-likeness (QED) is 0.802. The van der Waals surface area contributed by atoms with Crippen LogP contribution < -0.4 is 5.73 Å². The number of imide groups is 1. The predicted molar refractivity (Wildman–Crippen MR) is 78.4 cm³/mol. The van der Waals surface area contributed by atoms with Crippen LogP contribution in [0.15, 0.2) is 0 Å². The maximum Gasteiger partial charge on any atom is 0.236 e. The van der Waals surface area contributed by atoms with Gasteiger partial charge in [-0.1, -0.05) is 25.7 Å². The van der Waals surface area contributed by atoms with Gasteiger partial charge in [0.25, 0.3) is 0 Å². The summed E-state index contributed by atoms with van der Waals surface area (Å²) in [6, 6.07) is -0.372. The zero-order chi connectivity index (χ0) is 15.0. The van der Waals surface area contributed by atoms with Gasteiger partial charge in [0.15, 0.2) is 0 Å². The van der Waals surface area contributed by atoms with Crippen molar-refractivity contribution in [1.82, 2.24) is 4.90 Å². The van der Waals surface area contributed by atoms with Gasteiger partial charge in [0.05, 0.1) is 17.6 Å². The molecule has 0 aromatic carbocycles. The number of likely N-dealkylation sites (tertiary alicyclic amines) is 1. The fraction of sp³-hybridized carbons (Fsp3) is 0.875. The Labute approximate surface area is 126 Å². The van der Waals surface area contributed by atoms with E-state index in [2.05, 4.69) is 0 Å². The van der Waals surface area contributed by atoms with Crippen LogP contribution in [-0.4, -0.2) is 41.5 Å². The smallest absolute Gasteiger partial charge is 0.236 e. The van der Waals surface area contributed by atoms with Crippen molar-refractivity contribution in [2.75, 3.05) is 6.61 Å². The second kappa shape index (κ2) is 5.69. The number of hydrogen-bond acceptors (Lipinski definition) is 4. The Bertz CT molecular complexity index is 427. The summed E-state index contributed by atoms with van der Waals surface area (Å²) in [5.41, 5.74) is 5.64. The summed E-state index contributed by atoms with van der Waals surface area (Å²) < 4.78 is 5.64. The fourth-order valence-electron chi connectivity index (χ4n) is 4.28. The Morgan fingerprint density at radius 2 is 1.90 bits per heavy atom. The number of carbonyl (C=O) groups is 2. The molecule has 5 nitrogen and oxygen atoms in total. The summed E-state index contributed by atoms with van der Waals surface area (Å²) in [6.07, 6.45) is 7.22. The van der Waals surface area contributed by atoms with Crippen molar-refractivity contribution in [2.24, 2.45) is 11.1 Å². The Kier molecular flexibility index (Phi) is 4.06. The van der Waals surface area contributed by atoms with Crippen molar-refractivity contribution in [2.45, 2.75) is 76.5 Å². The summed E-state index contributed by atoms with van der Waals surface area (Å²) in [5.74, 6) is -0.00833. The molecule has 1 aliphatic heterocycles. The summed E-state index contributed by atoms with van der Waals surface area (Å²) in [5, 5.41) is 0. The lowest BCUT2D eigenvalue weighted by atomic mass is 9.78. The average Bonchev–Trinajstić information content (AvgIpc) is 2.63. The van der Waals surface area contributed by atoms with E-state index in [1.165, 1.54) is 17.7 Å². The van der Waals surface area contributed by atoms with E-state index in [1.54, 1.807) is 0 Å². The molecular weight excluding hydrogens is 268 g/mol. The first-order chi connectivity index (χ1) is 10.1. The van der Waals surface area contributed by atoms with Crippen LogP contribution in [0.2, 0.25) is 0 Å². The number of nitrogens with two attached hydrogens (primary N) is 1. The molecule has 2 N–H and O–H groups in total. The second-order valence-corrected chi connectivity index (χ2v) is 6.82. The van der Waals surface area contributed by atoms with E-state index in [0.29, 0.717) is 13.0 Å². The molecule has 0 aromatic rings. The largest absolute Gasteiger partial charge is 0.376 e. The van der Waals surface area contributed by atoms with Gasteiger partial charge in [-0.25, -0.2) is 0 Å². The van der Waals surface area contributed by atoms with E-state index in [-0.39, 0.29) is 30.0 Å². The minimum Gasteiger partial charge on any atom is -0.376 e. The van der Waals surface area contributed by atoms with Gasteiger partial charge in [-0.15, -0.1) is 0 Å². The van der Waals surface area contributed by atoms with Crippen LogP contribution in [0.1, 0.15) is 58.3 Å². The zero-order valence-corrected chi connectivity index (χ0v) is 12.8. The van der Waals surface area contributed by atoms with E-state index in [4.69, 9.17) is 10.5 Å². The van der Waals surface area contributed by atoms with Gasteiger partial charge in [-0.2, -0.15) is 0 Å². The van der Waals surface area contributed by atoms with Crippen molar-refractivity contribution < 1.29 is 14.3 Å². The van der Waals surface area contributed by atoms with Gasteiger partial charge >= 0.3 is 0 Å². The fourth-order valence-corrected chi connectivity index (χ4v) is 4.28. The molecular formula is C16H26N2O3. The Hall–Kier alpha value is -0.940. The lowest BCUT2D eigenvalue weighted by Crippen LogP contribution is -2.66. The summed E-state index contributed by atoms with van der Waals surface area (Å²) in [7, 11) is 0. The van der Waals surface area contributed by atoms with Crippen molar-refractivity contribution >= 4 is 11.8 Å². The van der Waals surface area contributed by atoms with Gasteiger partial charge in [-0.05, 0) is 26.2 Å². The van der Waals surface area contributed by atoms with Crippen LogP contribution in [0.25, 0.3) is 0 Å². The van der Waals surface area contributed by atoms with Crippen LogP contribution in [0.4, 0.5) is 0 Å². The van der Waals surface area contributed by atoms with E-state index in [1.807, 2.05) is 6.92 Å². The predicted octanol–water partition coefficient (Wildman–Crippen LogP) is 1.59. The van der Waals surface area contributed by atoms with Gasteiger partial charge in [-0.3, -0.25) is 14.5 Å². The Morgan fingerprint density at radius 3 is 2.48 bits per heavy atom. The monoisotopic (exact) mass is 294 g/mol. The summed E-state index contributed by atoms with van der Waals surface area (Å²) >= 11 is 0. The lowest BCUT2D eigenvalue weighted by molar-refractivity contribution is -0.156. The van der Waals surface area contributed by atoms with E-state index in [9.17, 15) is 9.59 Å². The SMILES string of the molecule is CCOC1CC(N)C1N1C(=O)CC2(CCCCCC2)C1=O. The molecule has 3 fully saturated rings. The minimum absolute atomic E-state index is 0.0271. The summed E-state index contributed by atoms with van der Waals surface area (Å²) in [6.45, 7) is 2.52. The number of hydrogen-bond donors (Lipinski definition) is 1. The molecule has 3 atom stereocenters. The van der Waals surface area contributed by atoms with Crippen LogP contribution in [-0.2, 0) is 14.3 Å². The maximum atomic E-state index is 13.0. The molecule has 1 heterocycles. The first kappa shape index (κ1) is 15.0. The third kappa shape index (κ3) is 2.40. The van der Waals surface area contributed by atoms with Gasteiger partial charge < -0.3 is 10.5 Å². The molecule has 118 valence electrons. The van der Waals surface area contributed by atoms with Crippen LogP contribution in [0, 0.1) is 5.41 Å². The first-order valence-corrected chi connectivity index (χ1v) is 8.33. The Balaban J connectivity index is 1.80. The molecule has 21 heavy (non-hydrogen) atoms. The topological polar surface area (TPSA) is 72.6 Å². The second-order valence-electron chi connectivity index (χ2n) is 6.82. The van der Waals surface area contributed by atoms with Crippen molar-refractivity contribution in [1.29, 1.82) is 0 Å². The highest BCUT2D eigenvalue weighted by Crippen LogP contribution is 2.46. The molecule has 2 aliphatic carbocycles. The van der Waals surface area contributed by atoms with Crippen LogP contribution >= 0.6 is 0 Å². The van der Waals surface area contributed by atoms with Gasteiger partial charge in [0, 0.05) is 19.1 Å². The van der Waals surface area contributed by atoms with Gasteiger partial charge in [0.1, 0.15) is 0 Å². The number of amides is 2. The zero-order valence-electron chi connectivity index (χ0n) is 12.8. The normalized spacial score (nSPS) is 35.9. The molecule has 3 aliphatic rings. The maximum absolute atomic E-state index is 13.0. The third-order valence-electron chi connectivity index (χ3n) is 5.49. The minimum atomic E-state index is -0.431. The van der Waals surface area contributed by atoms with Crippen molar-refractivity contribution in [3.8, 4) is 0 Å². The van der Waals surface area contributed by atoms with Crippen LogP contribution in [0.5, 0.6) is 0 Å². The van der Waals surface area contributed by atoms with Crippen LogP contribution in [0.3, 0.4) is 0 Å². The molecule has 2 amide bonds. The lowest BCUT2D eigenvalue weighted by Gasteiger charge is -2.46. The number of rotatable bonds is 3. The first-order valence-electron chi connectivity index (χ1n) is 8.33. The molecule has 3 unspecified atom stereocenters. The molecule has 2 saturated carbocycles. The number of ether oxygens (including phenoxy) is 1. The molecule has 1 spiro atoms. The molecule has 5 heteroatoms.